The highest BCUT2D eigenvalue weighted by Crippen LogP contribution is 2.31. The molecule has 1 saturated carbocycles. The second-order valence-corrected chi connectivity index (χ2v) is 8.30. The van der Waals surface area contributed by atoms with Crippen molar-refractivity contribution < 1.29 is 4.79 Å². The summed E-state index contributed by atoms with van der Waals surface area (Å²) in [5.74, 6) is 0.947. The number of carbonyl (C=O) groups is 1. The SMILES string of the molecule is CC(CNC1CCN(c2cccc(NC(=O)C3CC3)c2)CC1)c1ccccc1. The zero-order valence-electron chi connectivity index (χ0n) is 16.7. The Kier molecular flexibility index (Phi) is 5.96. The van der Waals surface area contributed by atoms with E-state index < -0.39 is 0 Å². The first-order chi connectivity index (χ1) is 13.7. The molecule has 0 spiro atoms. The van der Waals surface area contributed by atoms with E-state index in [9.17, 15) is 4.79 Å². The summed E-state index contributed by atoms with van der Waals surface area (Å²) < 4.78 is 0. The molecule has 4 nitrogen and oxygen atoms in total. The van der Waals surface area contributed by atoms with Crippen molar-refractivity contribution in [1.29, 1.82) is 0 Å². The maximum atomic E-state index is 12.0. The molecular weight excluding hydrogens is 346 g/mol. The van der Waals surface area contributed by atoms with Crippen LogP contribution in [-0.2, 0) is 4.79 Å². The van der Waals surface area contributed by atoms with Crippen molar-refractivity contribution in [2.24, 2.45) is 5.92 Å². The van der Waals surface area contributed by atoms with Crippen LogP contribution in [0.2, 0.25) is 0 Å². The van der Waals surface area contributed by atoms with Gasteiger partial charge in [0.1, 0.15) is 0 Å². The van der Waals surface area contributed by atoms with E-state index in [-0.39, 0.29) is 11.8 Å². The van der Waals surface area contributed by atoms with E-state index in [4.69, 9.17) is 0 Å². The number of nitrogens with one attached hydrogen (secondary N) is 2. The van der Waals surface area contributed by atoms with Gasteiger partial charge in [0, 0.05) is 43.0 Å². The molecular formula is C24H31N3O. The quantitative estimate of drug-likeness (QED) is 0.752. The summed E-state index contributed by atoms with van der Waals surface area (Å²) in [6.07, 6.45) is 4.38. The average molecular weight is 378 g/mol. The van der Waals surface area contributed by atoms with Crippen molar-refractivity contribution in [2.45, 2.75) is 44.6 Å². The smallest absolute Gasteiger partial charge is 0.227 e. The van der Waals surface area contributed by atoms with Crippen LogP contribution in [0.1, 0.15) is 44.1 Å². The van der Waals surface area contributed by atoms with Gasteiger partial charge in [-0.2, -0.15) is 0 Å². The molecule has 2 fully saturated rings. The predicted octanol–water partition coefficient (Wildman–Crippen LogP) is 4.40. The Balaban J connectivity index is 1.25. The largest absolute Gasteiger partial charge is 0.371 e. The molecule has 0 aromatic heterocycles. The summed E-state index contributed by atoms with van der Waals surface area (Å²) in [5, 5.41) is 6.83. The lowest BCUT2D eigenvalue weighted by molar-refractivity contribution is -0.117. The molecule has 0 bridgehead atoms. The van der Waals surface area contributed by atoms with Gasteiger partial charge in [0.15, 0.2) is 0 Å². The summed E-state index contributed by atoms with van der Waals surface area (Å²) in [4.78, 5) is 14.4. The van der Waals surface area contributed by atoms with Crippen molar-refractivity contribution >= 4 is 17.3 Å². The summed E-state index contributed by atoms with van der Waals surface area (Å²) in [6.45, 7) is 5.42. The minimum atomic E-state index is 0.174. The van der Waals surface area contributed by atoms with Gasteiger partial charge in [-0.25, -0.2) is 0 Å². The van der Waals surface area contributed by atoms with Crippen molar-refractivity contribution in [3.8, 4) is 0 Å². The Labute approximate surface area is 168 Å². The topological polar surface area (TPSA) is 44.4 Å². The summed E-state index contributed by atoms with van der Waals surface area (Å²) >= 11 is 0. The molecule has 2 aliphatic rings. The third kappa shape index (κ3) is 4.93. The van der Waals surface area contributed by atoms with Crippen LogP contribution < -0.4 is 15.5 Å². The maximum absolute atomic E-state index is 12.0. The van der Waals surface area contributed by atoms with Gasteiger partial charge in [-0.3, -0.25) is 4.79 Å². The first kappa shape index (κ1) is 19.0. The van der Waals surface area contributed by atoms with Gasteiger partial charge in [-0.05, 0) is 55.4 Å². The molecule has 1 atom stereocenters. The van der Waals surface area contributed by atoms with Gasteiger partial charge < -0.3 is 15.5 Å². The molecule has 28 heavy (non-hydrogen) atoms. The highest BCUT2D eigenvalue weighted by molar-refractivity contribution is 5.94. The number of hydrogen-bond donors (Lipinski definition) is 2. The van der Waals surface area contributed by atoms with E-state index in [0.717, 1.165) is 51.0 Å². The summed E-state index contributed by atoms with van der Waals surface area (Å²) in [7, 11) is 0. The number of hydrogen-bond acceptors (Lipinski definition) is 3. The van der Waals surface area contributed by atoms with Crippen LogP contribution in [0.3, 0.4) is 0 Å². The van der Waals surface area contributed by atoms with Crippen LogP contribution in [0.15, 0.2) is 54.6 Å². The Morgan fingerprint density at radius 3 is 2.50 bits per heavy atom. The van der Waals surface area contributed by atoms with Crippen molar-refractivity contribution in [1.82, 2.24) is 5.32 Å². The van der Waals surface area contributed by atoms with E-state index in [1.165, 1.54) is 11.3 Å². The second kappa shape index (κ2) is 8.78. The molecule has 148 valence electrons. The number of benzene rings is 2. The Morgan fingerprint density at radius 2 is 1.79 bits per heavy atom. The van der Waals surface area contributed by atoms with Gasteiger partial charge in [0.05, 0.1) is 0 Å². The predicted molar refractivity (Wildman–Crippen MR) is 116 cm³/mol. The van der Waals surface area contributed by atoms with E-state index in [2.05, 4.69) is 64.9 Å². The zero-order valence-corrected chi connectivity index (χ0v) is 16.7. The molecule has 0 radical (unpaired) electrons. The molecule has 2 N–H and O–H groups in total. The Bertz CT molecular complexity index is 779. The molecule has 4 heteroatoms. The van der Waals surface area contributed by atoms with Crippen LogP contribution in [0, 0.1) is 5.92 Å². The van der Waals surface area contributed by atoms with Crippen molar-refractivity contribution in [3.05, 3.63) is 60.2 Å². The lowest BCUT2D eigenvalue weighted by Gasteiger charge is -2.34. The number of piperidine rings is 1. The number of carbonyl (C=O) groups excluding carboxylic acids is 1. The highest BCUT2D eigenvalue weighted by atomic mass is 16.2. The molecule has 4 rings (SSSR count). The summed E-state index contributed by atoms with van der Waals surface area (Å²) in [5.41, 5.74) is 3.54. The van der Waals surface area contributed by atoms with Gasteiger partial charge in [-0.1, -0.05) is 43.3 Å². The zero-order chi connectivity index (χ0) is 19.3. The standard InChI is InChI=1S/C24H31N3O/c1-18(19-6-3-2-4-7-19)17-25-21-12-14-27(15-13-21)23-9-5-8-22(16-23)26-24(28)20-10-11-20/h2-9,16,18,20-21,25H,10-15,17H2,1H3,(H,26,28). The van der Waals surface area contributed by atoms with E-state index in [1.54, 1.807) is 0 Å². The van der Waals surface area contributed by atoms with Crippen LogP contribution in [0.25, 0.3) is 0 Å². The Hall–Kier alpha value is -2.33. The summed E-state index contributed by atoms with van der Waals surface area (Å²) in [6, 6.07) is 19.6. The van der Waals surface area contributed by atoms with Gasteiger partial charge in [0.25, 0.3) is 0 Å². The van der Waals surface area contributed by atoms with Gasteiger partial charge >= 0.3 is 0 Å². The van der Waals surface area contributed by atoms with Crippen LogP contribution in [0.4, 0.5) is 11.4 Å². The maximum Gasteiger partial charge on any atom is 0.227 e. The minimum Gasteiger partial charge on any atom is -0.371 e. The number of anilines is 2. The number of amides is 1. The average Bonchev–Trinajstić information content (AvgIpc) is 3.59. The van der Waals surface area contributed by atoms with Crippen LogP contribution in [0.5, 0.6) is 0 Å². The van der Waals surface area contributed by atoms with Crippen LogP contribution in [-0.4, -0.2) is 31.6 Å². The molecule has 1 aliphatic heterocycles. The normalized spacial score (nSPS) is 18.7. The Morgan fingerprint density at radius 1 is 1.04 bits per heavy atom. The van der Waals surface area contributed by atoms with E-state index >= 15 is 0 Å². The monoisotopic (exact) mass is 377 g/mol. The molecule has 1 aliphatic carbocycles. The molecule has 1 heterocycles. The fourth-order valence-corrected chi connectivity index (χ4v) is 3.95. The van der Waals surface area contributed by atoms with E-state index in [1.807, 2.05) is 12.1 Å². The molecule has 2 aromatic carbocycles. The molecule has 1 unspecified atom stereocenters. The van der Waals surface area contributed by atoms with Crippen molar-refractivity contribution in [3.63, 3.8) is 0 Å². The number of nitrogens with zero attached hydrogens (tertiary/aromatic N) is 1. The third-order valence-corrected chi connectivity index (χ3v) is 6.00. The third-order valence-electron chi connectivity index (χ3n) is 6.00. The number of rotatable bonds is 7. The highest BCUT2D eigenvalue weighted by Gasteiger charge is 2.29. The lowest BCUT2D eigenvalue weighted by atomic mass is 9.99. The fraction of sp³-hybridized carbons (Fsp3) is 0.458. The molecule has 1 saturated heterocycles. The van der Waals surface area contributed by atoms with Crippen molar-refractivity contribution in [2.75, 3.05) is 29.9 Å². The fourth-order valence-electron chi connectivity index (χ4n) is 3.95. The van der Waals surface area contributed by atoms with Gasteiger partial charge in [-0.15, -0.1) is 0 Å². The van der Waals surface area contributed by atoms with E-state index in [0.29, 0.717) is 12.0 Å². The molecule has 1 amide bonds. The van der Waals surface area contributed by atoms with Crippen LogP contribution >= 0.6 is 0 Å². The van der Waals surface area contributed by atoms with Gasteiger partial charge in [0.2, 0.25) is 5.91 Å². The first-order valence-corrected chi connectivity index (χ1v) is 10.6. The lowest BCUT2D eigenvalue weighted by Crippen LogP contribution is -2.43. The minimum absolute atomic E-state index is 0.174. The second-order valence-electron chi connectivity index (χ2n) is 8.30. The first-order valence-electron chi connectivity index (χ1n) is 10.6. The molecule has 2 aromatic rings.